The Balaban J connectivity index is 2.90. The normalized spacial score (nSPS) is 20.9. The molecule has 0 saturated carbocycles. The summed E-state index contributed by atoms with van der Waals surface area (Å²) >= 11 is 0. The van der Waals surface area contributed by atoms with Crippen LogP contribution in [0.2, 0.25) is 0 Å². The third-order valence-corrected chi connectivity index (χ3v) is 3.46. The molecule has 1 aliphatic heterocycles. The minimum Gasteiger partial charge on any atom is -0.336 e. The van der Waals surface area contributed by atoms with Crippen molar-refractivity contribution in [1.82, 2.24) is 10.3 Å². The van der Waals surface area contributed by atoms with Crippen molar-refractivity contribution >= 4 is 18.0 Å². The molecule has 0 radical (unpaired) electrons. The molecule has 6 nitrogen and oxygen atoms in total. The van der Waals surface area contributed by atoms with Gasteiger partial charge in [-0.1, -0.05) is 20.3 Å². The molecule has 2 unspecified atom stereocenters. The van der Waals surface area contributed by atoms with Crippen LogP contribution in [0.4, 0.5) is 13.2 Å². The fourth-order valence-electron chi connectivity index (χ4n) is 1.91. The SMILES string of the molecule is CCC(C)[C@H](NC(=O)C(F)(F)F)C(=O)N1CC(C#N)CC=N1. The van der Waals surface area contributed by atoms with E-state index in [0.717, 1.165) is 5.01 Å². The van der Waals surface area contributed by atoms with E-state index in [-0.39, 0.29) is 6.54 Å². The number of carbonyl (C=O) groups excluding carboxylic acids is 2. The largest absolute Gasteiger partial charge is 0.471 e. The van der Waals surface area contributed by atoms with Crippen molar-refractivity contribution < 1.29 is 22.8 Å². The summed E-state index contributed by atoms with van der Waals surface area (Å²) in [5.74, 6) is -3.87. The molecule has 0 aliphatic carbocycles. The van der Waals surface area contributed by atoms with Crippen LogP contribution in [-0.4, -0.2) is 41.8 Å². The van der Waals surface area contributed by atoms with Crippen molar-refractivity contribution in [1.29, 1.82) is 5.26 Å². The molecule has 0 bridgehead atoms. The quantitative estimate of drug-likeness (QED) is 0.851. The third kappa shape index (κ3) is 4.44. The molecule has 1 N–H and O–H groups in total. The van der Waals surface area contributed by atoms with Crippen LogP contribution in [0.3, 0.4) is 0 Å². The first-order valence-corrected chi connectivity index (χ1v) is 6.81. The molecule has 1 heterocycles. The molecule has 0 spiro atoms. The number of halogens is 3. The molecule has 1 rings (SSSR count). The lowest BCUT2D eigenvalue weighted by molar-refractivity contribution is -0.175. The van der Waals surface area contributed by atoms with Crippen LogP contribution in [0, 0.1) is 23.2 Å². The van der Waals surface area contributed by atoms with Gasteiger partial charge in [0.1, 0.15) is 6.04 Å². The maximum Gasteiger partial charge on any atom is 0.471 e. The summed E-state index contributed by atoms with van der Waals surface area (Å²) in [5, 5.41) is 15.4. The van der Waals surface area contributed by atoms with Crippen LogP contribution in [0.15, 0.2) is 5.10 Å². The first-order valence-electron chi connectivity index (χ1n) is 6.81. The van der Waals surface area contributed by atoms with E-state index in [4.69, 9.17) is 5.26 Å². The number of amides is 2. The van der Waals surface area contributed by atoms with Gasteiger partial charge in [0.2, 0.25) is 0 Å². The zero-order valence-corrected chi connectivity index (χ0v) is 12.2. The van der Waals surface area contributed by atoms with E-state index in [1.54, 1.807) is 19.2 Å². The fourth-order valence-corrected chi connectivity index (χ4v) is 1.91. The van der Waals surface area contributed by atoms with Crippen molar-refractivity contribution in [2.75, 3.05) is 6.54 Å². The van der Waals surface area contributed by atoms with Gasteiger partial charge < -0.3 is 5.32 Å². The zero-order valence-electron chi connectivity index (χ0n) is 12.2. The Labute approximate surface area is 126 Å². The molecule has 0 fully saturated rings. The van der Waals surface area contributed by atoms with Crippen LogP contribution in [0.25, 0.3) is 0 Å². The molecule has 0 aromatic rings. The molecule has 2 amide bonds. The second kappa shape index (κ2) is 7.24. The third-order valence-electron chi connectivity index (χ3n) is 3.46. The highest BCUT2D eigenvalue weighted by atomic mass is 19.4. The van der Waals surface area contributed by atoms with Gasteiger partial charge in [0.05, 0.1) is 18.5 Å². The van der Waals surface area contributed by atoms with E-state index >= 15 is 0 Å². The van der Waals surface area contributed by atoms with Crippen LogP contribution < -0.4 is 5.32 Å². The number of nitrogens with zero attached hydrogens (tertiary/aromatic N) is 3. The molecular formula is C13H17F3N4O2. The molecular weight excluding hydrogens is 301 g/mol. The molecule has 3 atom stereocenters. The second-order valence-electron chi connectivity index (χ2n) is 5.11. The molecule has 0 aromatic heterocycles. The van der Waals surface area contributed by atoms with Gasteiger partial charge >= 0.3 is 12.1 Å². The number of hydrogen-bond donors (Lipinski definition) is 1. The maximum atomic E-state index is 12.4. The Hall–Kier alpha value is -2.11. The van der Waals surface area contributed by atoms with E-state index < -0.39 is 35.9 Å². The van der Waals surface area contributed by atoms with Crippen LogP contribution in [0.5, 0.6) is 0 Å². The molecule has 9 heteroatoms. The van der Waals surface area contributed by atoms with Gasteiger partial charge in [-0.2, -0.15) is 23.5 Å². The van der Waals surface area contributed by atoms with Crippen LogP contribution >= 0.6 is 0 Å². The van der Waals surface area contributed by atoms with Gasteiger partial charge in [-0.25, -0.2) is 5.01 Å². The molecule has 22 heavy (non-hydrogen) atoms. The minimum atomic E-state index is -5.06. The molecule has 1 aliphatic rings. The predicted octanol–water partition coefficient (Wildman–Crippen LogP) is 1.44. The van der Waals surface area contributed by atoms with E-state index in [1.165, 1.54) is 6.21 Å². The summed E-state index contributed by atoms with van der Waals surface area (Å²) in [7, 11) is 0. The number of nitrogens with one attached hydrogen (secondary N) is 1. The van der Waals surface area contributed by atoms with Crippen molar-refractivity contribution in [3.8, 4) is 6.07 Å². The fraction of sp³-hybridized carbons (Fsp3) is 0.692. The monoisotopic (exact) mass is 318 g/mol. The van der Waals surface area contributed by atoms with Gasteiger partial charge in [0.25, 0.3) is 5.91 Å². The summed E-state index contributed by atoms with van der Waals surface area (Å²) < 4.78 is 37.2. The Bertz CT molecular complexity index is 498. The highest BCUT2D eigenvalue weighted by molar-refractivity contribution is 5.90. The highest BCUT2D eigenvalue weighted by Gasteiger charge is 2.42. The summed E-state index contributed by atoms with van der Waals surface area (Å²) in [4.78, 5) is 23.4. The Morgan fingerprint density at radius 3 is 2.68 bits per heavy atom. The molecule has 122 valence electrons. The first kappa shape index (κ1) is 17.9. The van der Waals surface area contributed by atoms with Crippen molar-refractivity contribution in [2.45, 2.75) is 38.9 Å². The summed E-state index contributed by atoms with van der Waals surface area (Å²) in [5.41, 5.74) is 0. The lowest BCUT2D eigenvalue weighted by Gasteiger charge is -2.30. The van der Waals surface area contributed by atoms with E-state index in [1.807, 2.05) is 6.07 Å². The Morgan fingerprint density at radius 1 is 1.55 bits per heavy atom. The van der Waals surface area contributed by atoms with Crippen molar-refractivity contribution in [3.05, 3.63) is 0 Å². The lowest BCUT2D eigenvalue weighted by atomic mass is 9.97. The summed E-state index contributed by atoms with van der Waals surface area (Å²) in [6.45, 7) is 3.26. The van der Waals surface area contributed by atoms with E-state index in [0.29, 0.717) is 12.8 Å². The number of hydrazone groups is 1. The Morgan fingerprint density at radius 2 is 2.18 bits per heavy atom. The maximum absolute atomic E-state index is 12.4. The van der Waals surface area contributed by atoms with Gasteiger partial charge in [-0.05, 0) is 5.92 Å². The Kier molecular flexibility index (Phi) is 5.91. The van der Waals surface area contributed by atoms with Gasteiger partial charge in [-0.15, -0.1) is 0 Å². The zero-order chi connectivity index (χ0) is 16.9. The number of nitriles is 1. The van der Waals surface area contributed by atoms with Crippen molar-refractivity contribution in [3.63, 3.8) is 0 Å². The number of hydrogen-bond acceptors (Lipinski definition) is 4. The van der Waals surface area contributed by atoms with Crippen molar-refractivity contribution in [2.24, 2.45) is 16.9 Å². The summed E-state index contributed by atoms with van der Waals surface area (Å²) in [6, 6.07) is 0.644. The van der Waals surface area contributed by atoms with Gasteiger partial charge in [-0.3, -0.25) is 9.59 Å². The van der Waals surface area contributed by atoms with Gasteiger partial charge in [0.15, 0.2) is 0 Å². The molecule has 0 aromatic carbocycles. The van der Waals surface area contributed by atoms with Crippen LogP contribution in [-0.2, 0) is 9.59 Å². The van der Waals surface area contributed by atoms with Gasteiger partial charge in [0, 0.05) is 12.6 Å². The van der Waals surface area contributed by atoms with Crippen LogP contribution in [0.1, 0.15) is 26.7 Å². The number of alkyl halides is 3. The summed E-state index contributed by atoms with van der Waals surface area (Å²) in [6.07, 6.45) is -2.92. The predicted molar refractivity (Wildman–Crippen MR) is 71.4 cm³/mol. The first-order chi connectivity index (χ1) is 10.2. The average molecular weight is 318 g/mol. The average Bonchev–Trinajstić information content (AvgIpc) is 2.50. The lowest BCUT2D eigenvalue weighted by Crippen LogP contribution is -2.54. The van der Waals surface area contributed by atoms with E-state index in [9.17, 15) is 22.8 Å². The number of rotatable bonds is 4. The highest BCUT2D eigenvalue weighted by Crippen LogP contribution is 2.19. The standard InChI is InChI=1S/C13H17F3N4O2/c1-3-8(2)10(19-12(22)13(14,15)16)11(21)20-7-9(6-17)4-5-18-20/h5,8-10H,3-4,7H2,1-2H3,(H,19,22)/t8?,9?,10-/m0/s1. The smallest absolute Gasteiger partial charge is 0.336 e. The second-order valence-corrected chi connectivity index (χ2v) is 5.11. The minimum absolute atomic E-state index is 0.000651. The molecule has 0 saturated heterocycles. The number of carbonyl (C=O) groups is 2. The topological polar surface area (TPSA) is 85.6 Å². The van der Waals surface area contributed by atoms with E-state index in [2.05, 4.69) is 5.10 Å².